The molecule has 1 aliphatic rings. The number of nitrogens with zero attached hydrogens (tertiary/aromatic N) is 6. The molecule has 0 radical (unpaired) electrons. The number of likely N-dealkylation sites (tertiary alicyclic amines) is 1. The van der Waals surface area contributed by atoms with Crippen molar-refractivity contribution in [2.45, 2.75) is 136 Å². The van der Waals surface area contributed by atoms with Gasteiger partial charge in [0.05, 0.1) is 25.3 Å². The molecule has 6 atom stereocenters. The quantitative estimate of drug-likeness (QED) is 0.0227. The fraction of sp³-hybridized carbons (Fsp3) is 0.568. The Morgan fingerprint density at radius 3 is 2.25 bits per heavy atom. The monoisotopic (exact) mass is 971 g/mol. The molecular weight excluding hydrogens is 906 g/mol. The Balaban J connectivity index is 1.42. The number of hydrogen-bond donors (Lipinski definition) is 8. The molecule has 1 aliphatic heterocycles. The van der Waals surface area contributed by atoms with Gasteiger partial charge in [0.2, 0.25) is 35.4 Å². The predicted molar refractivity (Wildman–Crippen MR) is 247 cm³/mol. The summed E-state index contributed by atoms with van der Waals surface area (Å²) in [6.45, 7) is 10.5. The number of phosphoric ester groups is 1. The Hall–Kier alpha value is -6.00. The first-order valence-corrected chi connectivity index (χ1v) is 24.1. The number of primary amides is 1. The zero-order valence-corrected chi connectivity index (χ0v) is 40.3. The summed E-state index contributed by atoms with van der Waals surface area (Å²) < 4.78 is 19.9. The summed E-state index contributed by atoms with van der Waals surface area (Å²) in [5, 5.41) is 24.4. The minimum atomic E-state index is -5.13. The third-order valence-corrected chi connectivity index (χ3v) is 12.0. The van der Waals surface area contributed by atoms with Crippen LogP contribution in [0.3, 0.4) is 0 Å². The van der Waals surface area contributed by atoms with Gasteiger partial charge in [-0.1, -0.05) is 25.4 Å². The van der Waals surface area contributed by atoms with Crippen molar-refractivity contribution in [3.63, 3.8) is 0 Å². The topological polar surface area (TPSA) is 324 Å². The van der Waals surface area contributed by atoms with Gasteiger partial charge in [-0.3, -0.25) is 38.3 Å². The lowest BCUT2D eigenvalue weighted by Crippen LogP contribution is -2.61. The average Bonchev–Trinajstić information content (AvgIpc) is 4.01. The van der Waals surface area contributed by atoms with Gasteiger partial charge >= 0.3 is 7.82 Å². The summed E-state index contributed by atoms with van der Waals surface area (Å²) in [5.74, 6) is -4.95. The Labute approximate surface area is 395 Å². The smallest absolute Gasteiger partial charge is 0.396 e. The number of carbonyl (C=O) groups is 6. The van der Waals surface area contributed by atoms with E-state index in [1.807, 2.05) is 50.5 Å². The largest absolute Gasteiger partial charge is 0.469 e. The number of amides is 6. The molecule has 3 aromatic heterocycles. The fourth-order valence-electron chi connectivity index (χ4n) is 7.97. The molecule has 4 heterocycles. The SMILES string of the molecule is CC(=O)N1CCC[C@H]1C(=O)N[C@@H](CC(C)C)C(=O)N[C@@H](Cc1cncn1CCCCCCO/N=C/c1cc(C)n(-c2ccncc2)c1C)C(=O)N[C@@H](CO)C(=O)N[C@H](C(N)=O)[C@@H](C)OP(=O)(O)O. The highest BCUT2D eigenvalue weighted by Gasteiger charge is 2.37. The molecule has 0 aliphatic carbocycles. The first-order chi connectivity index (χ1) is 32.2. The molecule has 6 amide bonds. The van der Waals surface area contributed by atoms with E-state index in [0.717, 1.165) is 55.2 Å². The second-order valence-electron chi connectivity index (χ2n) is 17.2. The normalized spacial score (nSPS) is 16.2. The van der Waals surface area contributed by atoms with Gasteiger partial charge in [0, 0.05) is 73.4 Å². The van der Waals surface area contributed by atoms with Gasteiger partial charge < -0.3 is 60.8 Å². The zero-order valence-electron chi connectivity index (χ0n) is 39.4. The van der Waals surface area contributed by atoms with Gasteiger partial charge in [-0.05, 0) is 83.4 Å². The number of imidazole rings is 1. The number of unbranched alkanes of at least 4 members (excludes halogenated alkanes) is 3. The molecule has 0 saturated carbocycles. The van der Waals surface area contributed by atoms with E-state index in [2.05, 4.69) is 45.5 Å². The molecule has 0 aromatic carbocycles. The minimum Gasteiger partial charge on any atom is -0.396 e. The first-order valence-electron chi connectivity index (χ1n) is 22.6. The van der Waals surface area contributed by atoms with Gasteiger partial charge in [0.1, 0.15) is 36.8 Å². The molecule has 9 N–H and O–H groups in total. The third-order valence-electron chi connectivity index (χ3n) is 11.4. The standard InChI is InChI=1S/C44H66N11O12P/c1-27(2)20-35(50-44(62)38-12-11-18-54(38)31(6)57)41(59)49-36(42(60)51-37(25-56)43(61)52-39(40(45)58)30(5)67-68(63,64)65)22-34-24-47-26-53(34)17-9-7-8-10-19-66-48-23-32-21-28(3)55(29(32)4)33-13-15-46-16-14-33/h13-16,21,23-24,26-27,30,35-39,56H,7-12,17-20,22,25H2,1-6H3,(H2,45,58)(H,49,59)(H,50,62)(H,51,60)(H,52,61)(H2,63,64,65)/b48-23+/t30-,35+,36+,37+,38+,39+/m1/s1. The van der Waals surface area contributed by atoms with E-state index in [1.165, 1.54) is 18.0 Å². The molecule has 68 heavy (non-hydrogen) atoms. The van der Waals surface area contributed by atoms with E-state index in [0.29, 0.717) is 38.2 Å². The van der Waals surface area contributed by atoms with Crippen molar-refractivity contribution in [3.05, 3.63) is 65.8 Å². The Morgan fingerprint density at radius 2 is 1.60 bits per heavy atom. The van der Waals surface area contributed by atoms with E-state index in [-0.39, 0.29) is 24.7 Å². The minimum absolute atomic E-state index is 0.102. The third kappa shape index (κ3) is 16.4. The zero-order chi connectivity index (χ0) is 50.1. The number of aromatic nitrogens is 4. The summed E-state index contributed by atoms with van der Waals surface area (Å²) in [7, 11) is -5.13. The maximum Gasteiger partial charge on any atom is 0.469 e. The number of hydrogen-bond acceptors (Lipinski definition) is 13. The number of aryl methyl sites for hydroxylation is 2. The van der Waals surface area contributed by atoms with E-state index in [4.69, 9.17) is 10.6 Å². The summed E-state index contributed by atoms with van der Waals surface area (Å²) in [6, 6.07) is -0.956. The van der Waals surface area contributed by atoms with Crippen molar-refractivity contribution in [3.8, 4) is 5.69 Å². The highest BCUT2D eigenvalue weighted by Crippen LogP contribution is 2.38. The van der Waals surface area contributed by atoms with E-state index in [1.54, 1.807) is 24.9 Å². The first kappa shape index (κ1) is 54.6. The number of aliphatic hydroxyl groups excluding tert-OH is 1. The van der Waals surface area contributed by atoms with Crippen LogP contribution in [0.4, 0.5) is 0 Å². The van der Waals surface area contributed by atoms with Crippen LogP contribution in [0, 0.1) is 19.8 Å². The van der Waals surface area contributed by atoms with Crippen LogP contribution in [0.2, 0.25) is 0 Å². The van der Waals surface area contributed by atoms with Gasteiger partial charge in [-0.25, -0.2) is 9.55 Å². The van der Waals surface area contributed by atoms with Crippen LogP contribution in [0.15, 0.2) is 48.3 Å². The molecule has 24 heteroatoms. The van der Waals surface area contributed by atoms with Crippen molar-refractivity contribution >= 4 is 49.5 Å². The second-order valence-corrected chi connectivity index (χ2v) is 18.4. The molecule has 4 rings (SSSR count). The van der Waals surface area contributed by atoms with Crippen LogP contribution in [0.1, 0.15) is 95.3 Å². The van der Waals surface area contributed by atoms with Crippen LogP contribution < -0.4 is 27.0 Å². The lowest BCUT2D eigenvalue weighted by atomic mass is 10.0. The lowest BCUT2D eigenvalue weighted by molar-refractivity contribution is -0.139. The highest BCUT2D eigenvalue weighted by atomic mass is 31.2. The Kier molecular flexibility index (Phi) is 20.8. The second kappa shape index (κ2) is 25.9. The number of nitrogens with one attached hydrogen (secondary N) is 4. The van der Waals surface area contributed by atoms with Gasteiger partial charge in [-0.2, -0.15) is 0 Å². The molecule has 1 fully saturated rings. The molecular formula is C44H66N11O12P. The summed E-state index contributed by atoms with van der Waals surface area (Å²) in [5.41, 5.74) is 9.91. The molecule has 374 valence electrons. The van der Waals surface area contributed by atoms with E-state index < -0.39 is 80.3 Å². The predicted octanol–water partition coefficient (Wildman–Crippen LogP) is 0.811. The van der Waals surface area contributed by atoms with Crippen LogP contribution in [-0.2, 0) is 55.7 Å². The fourth-order valence-corrected chi connectivity index (χ4v) is 8.53. The number of carbonyl (C=O) groups excluding carboxylic acids is 6. The number of aliphatic hydroxyl groups is 1. The molecule has 23 nitrogen and oxygen atoms in total. The van der Waals surface area contributed by atoms with Gasteiger partial charge in [-0.15, -0.1) is 0 Å². The highest BCUT2D eigenvalue weighted by molar-refractivity contribution is 7.46. The van der Waals surface area contributed by atoms with Gasteiger partial charge in [0.25, 0.3) is 0 Å². The lowest BCUT2D eigenvalue weighted by Gasteiger charge is -2.28. The van der Waals surface area contributed by atoms with Crippen LogP contribution in [-0.4, -0.2) is 137 Å². The molecule has 0 spiro atoms. The van der Waals surface area contributed by atoms with Crippen molar-refractivity contribution in [1.82, 2.24) is 45.3 Å². The van der Waals surface area contributed by atoms with Gasteiger partial charge in [0.15, 0.2) is 0 Å². The van der Waals surface area contributed by atoms with Crippen molar-refractivity contribution in [1.29, 1.82) is 0 Å². The van der Waals surface area contributed by atoms with E-state index >= 15 is 0 Å². The van der Waals surface area contributed by atoms with E-state index in [9.17, 15) is 48.2 Å². The average molecular weight is 972 g/mol. The Bertz CT molecular complexity index is 2260. The van der Waals surface area contributed by atoms with Crippen molar-refractivity contribution in [2.75, 3.05) is 19.8 Å². The number of nitrogens with two attached hydrogens (primary N) is 1. The number of phosphoric acid groups is 1. The number of pyridine rings is 1. The molecule has 0 bridgehead atoms. The summed E-state index contributed by atoms with van der Waals surface area (Å²) in [4.78, 5) is 113. The maximum atomic E-state index is 14.1. The Morgan fingerprint density at radius 1 is 0.941 bits per heavy atom. The summed E-state index contributed by atoms with van der Waals surface area (Å²) >= 11 is 0. The summed E-state index contributed by atoms with van der Waals surface area (Å²) in [6.07, 6.45) is 10.8. The van der Waals surface area contributed by atoms with Crippen LogP contribution >= 0.6 is 7.82 Å². The molecule has 1 saturated heterocycles. The maximum absolute atomic E-state index is 14.1. The molecule has 3 aromatic rings. The molecule has 0 unspecified atom stereocenters. The van der Waals surface area contributed by atoms with Crippen LogP contribution in [0.25, 0.3) is 5.69 Å². The number of oxime groups is 1. The van der Waals surface area contributed by atoms with Crippen molar-refractivity contribution in [2.24, 2.45) is 16.8 Å². The number of rotatable bonds is 27. The van der Waals surface area contributed by atoms with Crippen molar-refractivity contribution < 1.29 is 57.6 Å². The van der Waals surface area contributed by atoms with Crippen LogP contribution in [0.5, 0.6) is 0 Å².